The van der Waals surface area contributed by atoms with Gasteiger partial charge in [-0.15, -0.1) is 0 Å². The van der Waals surface area contributed by atoms with Crippen LogP contribution in [0.2, 0.25) is 0 Å². The van der Waals surface area contributed by atoms with Gasteiger partial charge in [0, 0.05) is 6.54 Å². The molecule has 3 heterocycles. The number of nitrogens with zero attached hydrogens (tertiary/aromatic N) is 1. The fourth-order valence-corrected chi connectivity index (χ4v) is 4.13. The second-order valence-electron chi connectivity index (χ2n) is 7.60. The molecular weight excluding hydrogens is 318 g/mol. The van der Waals surface area contributed by atoms with Crippen LogP contribution in [0.15, 0.2) is 42.5 Å². The van der Waals surface area contributed by atoms with Crippen LogP contribution in [-0.4, -0.2) is 41.6 Å². The third-order valence-electron chi connectivity index (χ3n) is 5.23. The van der Waals surface area contributed by atoms with Crippen molar-refractivity contribution in [2.75, 3.05) is 13.2 Å². The molecule has 1 amide bonds. The minimum absolute atomic E-state index is 0.0119. The lowest BCUT2D eigenvalue weighted by molar-refractivity contribution is -0.154. The second kappa shape index (κ2) is 5.99. The van der Waals surface area contributed by atoms with Crippen LogP contribution in [0.5, 0.6) is 0 Å². The van der Waals surface area contributed by atoms with E-state index in [1.165, 1.54) is 0 Å². The Bertz CT molecular complexity index is 714. The second-order valence-corrected chi connectivity index (χ2v) is 7.60. The van der Waals surface area contributed by atoms with Gasteiger partial charge in [-0.2, -0.15) is 0 Å². The summed E-state index contributed by atoms with van der Waals surface area (Å²) < 4.78 is 11.5. The topological polar surface area (TPSA) is 55.8 Å². The summed E-state index contributed by atoms with van der Waals surface area (Å²) in [5.41, 5.74) is 0.405. The third-order valence-corrected chi connectivity index (χ3v) is 5.23. The monoisotopic (exact) mass is 341 g/mol. The van der Waals surface area contributed by atoms with E-state index in [1.54, 1.807) is 4.90 Å². The Hall–Kier alpha value is -2.14. The predicted octanol–water partition coefficient (Wildman–Crippen LogP) is 2.17. The number of hydrogen-bond donors (Lipinski definition) is 0. The quantitative estimate of drug-likeness (QED) is 0.608. The summed E-state index contributed by atoms with van der Waals surface area (Å²) in [6.07, 6.45) is 3.54. The Morgan fingerprint density at radius 3 is 2.84 bits per heavy atom. The summed E-state index contributed by atoms with van der Waals surface area (Å²) >= 11 is 0. The molecule has 4 atom stereocenters. The zero-order chi connectivity index (χ0) is 17.6. The van der Waals surface area contributed by atoms with Gasteiger partial charge in [0.05, 0.1) is 25.2 Å². The van der Waals surface area contributed by atoms with Gasteiger partial charge in [0.1, 0.15) is 11.5 Å². The summed E-state index contributed by atoms with van der Waals surface area (Å²) in [4.78, 5) is 27.4. The standard InChI is InChI=1S/C20H23NO4/c1-13(2)11-24-19(23)16-15-8-9-20(25-15)12-21(18(22)17(16)20)10-14-6-4-3-5-7-14/h3-9,13,15-17H,10-12H2,1-2H3/t15-,16-,17-,20-/m0/s1. The normalized spacial score (nSPS) is 32.5. The molecule has 0 unspecified atom stereocenters. The van der Waals surface area contributed by atoms with Crippen LogP contribution in [0.1, 0.15) is 19.4 Å². The highest BCUT2D eigenvalue weighted by Crippen LogP contribution is 2.52. The summed E-state index contributed by atoms with van der Waals surface area (Å²) in [5.74, 6) is -1.06. The van der Waals surface area contributed by atoms with Gasteiger partial charge in [-0.25, -0.2) is 0 Å². The third kappa shape index (κ3) is 2.67. The van der Waals surface area contributed by atoms with Gasteiger partial charge in [-0.1, -0.05) is 56.3 Å². The van der Waals surface area contributed by atoms with Crippen molar-refractivity contribution in [3.8, 4) is 0 Å². The zero-order valence-electron chi connectivity index (χ0n) is 14.6. The molecule has 132 valence electrons. The summed E-state index contributed by atoms with van der Waals surface area (Å²) in [7, 11) is 0. The Kier molecular flexibility index (Phi) is 3.91. The van der Waals surface area contributed by atoms with Gasteiger partial charge < -0.3 is 14.4 Å². The van der Waals surface area contributed by atoms with Crippen molar-refractivity contribution in [2.45, 2.75) is 32.1 Å². The number of fused-ring (bicyclic) bond motifs is 1. The average molecular weight is 341 g/mol. The highest BCUT2D eigenvalue weighted by Gasteiger charge is 2.67. The van der Waals surface area contributed by atoms with Crippen molar-refractivity contribution < 1.29 is 19.1 Å². The number of esters is 1. The lowest BCUT2D eigenvalue weighted by Crippen LogP contribution is -2.40. The molecule has 2 bridgehead atoms. The van der Waals surface area contributed by atoms with E-state index in [9.17, 15) is 9.59 Å². The number of hydrogen-bond acceptors (Lipinski definition) is 4. The van der Waals surface area contributed by atoms with E-state index in [1.807, 2.05) is 56.3 Å². The predicted molar refractivity (Wildman–Crippen MR) is 91.4 cm³/mol. The van der Waals surface area contributed by atoms with E-state index in [0.29, 0.717) is 19.7 Å². The first-order valence-electron chi connectivity index (χ1n) is 8.87. The van der Waals surface area contributed by atoms with Gasteiger partial charge in [-0.3, -0.25) is 9.59 Å². The van der Waals surface area contributed by atoms with Crippen molar-refractivity contribution >= 4 is 11.9 Å². The maximum atomic E-state index is 13.0. The van der Waals surface area contributed by atoms with Gasteiger partial charge in [-0.05, 0) is 11.5 Å². The molecule has 1 aromatic carbocycles. The van der Waals surface area contributed by atoms with Gasteiger partial charge in [0.25, 0.3) is 0 Å². The highest BCUT2D eigenvalue weighted by molar-refractivity contribution is 5.91. The molecule has 0 N–H and O–H groups in total. The summed E-state index contributed by atoms with van der Waals surface area (Å²) in [6, 6.07) is 9.88. The first-order chi connectivity index (χ1) is 12.0. The molecule has 3 aliphatic rings. The molecule has 0 radical (unpaired) electrons. The van der Waals surface area contributed by atoms with Crippen LogP contribution >= 0.6 is 0 Å². The lowest BCUT2D eigenvalue weighted by atomic mass is 9.77. The van der Waals surface area contributed by atoms with E-state index < -0.39 is 17.4 Å². The van der Waals surface area contributed by atoms with Gasteiger partial charge in [0.15, 0.2) is 0 Å². The Morgan fingerprint density at radius 2 is 2.12 bits per heavy atom. The van der Waals surface area contributed by atoms with Crippen LogP contribution in [0.4, 0.5) is 0 Å². The van der Waals surface area contributed by atoms with Crippen LogP contribution in [0.25, 0.3) is 0 Å². The molecule has 25 heavy (non-hydrogen) atoms. The molecular formula is C20H23NO4. The minimum Gasteiger partial charge on any atom is -0.465 e. The van der Waals surface area contributed by atoms with E-state index >= 15 is 0 Å². The Labute approximate surface area is 147 Å². The number of rotatable bonds is 5. The zero-order valence-corrected chi connectivity index (χ0v) is 14.6. The number of carbonyl (C=O) groups is 2. The van der Waals surface area contributed by atoms with Gasteiger partial charge >= 0.3 is 5.97 Å². The molecule has 3 aliphatic heterocycles. The Morgan fingerprint density at radius 1 is 1.36 bits per heavy atom. The van der Waals surface area contributed by atoms with Crippen molar-refractivity contribution in [3.63, 3.8) is 0 Å². The van der Waals surface area contributed by atoms with E-state index in [2.05, 4.69) is 0 Å². The molecule has 2 saturated heterocycles. The molecule has 4 rings (SSSR count). The fourth-order valence-electron chi connectivity index (χ4n) is 4.13. The molecule has 2 fully saturated rings. The van der Waals surface area contributed by atoms with Gasteiger partial charge in [0.2, 0.25) is 5.91 Å². The molecule has 5 nitrogen and oxygen atoms in total. The maximum absolute atomic E-state index is 13.0. The number of ether oxygens (including phenoxy) is 2. The van der Waals surface area contributed by atoms with E-state index in [-0.39, 0.29) is 23.9 Å². The number of benzene rings is 1. The van der Waals surface area contributed by atoms with Crippen LogP contribution in [0, 0.1) is 17.8 Å². The van der Waals surface area contributed by atoms with Crippen LogP contribution < -0.4 is 0 Å². The lowest BCUT2D eigenvalue weighted by Gasteiger charge is -2.23. The molecule has 0 aliphatic carbocycles. The van der Waals surface area contributed by atoms with Crippen molar-refractivity contribution in [3.05, 3.63) is 48.0 Å². The summed E-state index contributed by atoms with van der Waals surface area (Å²) in [5, 5.41) is 0. The molecule has 1 aromatic rings. The molecule has 5 heteroatoms. The van der Waals surface area contributed by atoms with E-state index in [4.69, 9.17) is 9.47 Å². The largest absolute Gasteiger partial charge is 0.465 e. The van der Waals surface area contributed by atoms with Crippen LogP contribution in [0.3, 0.4) is 0 Å². The molecule has 0 aromatic heterocycles. The number of amides is 1. The SMILES string of the molecule is CC(C)COC(=O)[C@H]1[C@@H]2C=C[C@@]3(CN(Cc4ccccc4)C(=O)[C@H]13)O2. The number of likely N-dealkylation sites (tertiary alicyclic amines) is 1. The van der Waals surface area contributed by atoms with Crippen molar-refractivity contribution in [1.29, 1.82) is 0 Å². The first-order valence-corrected chi connectivity index (χ1v) is 8.87. The van der Waals surface area contributed by atoms with Crippen molar-refractivity contribution in [1.82, 2.24) is 4.90 Å². The maximum Gasteiger partial charge on any atom is 0.312 e. The van der Waals surface area contributed by atoms with E-state index in [0.717, 1.165) is 5.56 Å². The number of carbonyl (C=O) groups excluding carboxylic acids is 2. The van der Waals surface area contributed by atoms with Crippen molar-refractivity contribution in [2.24, 2.45) is 17.8 Å². The highest BCUT2D eigenvalue weighted by atomic mass is 16.6. The summed E-state index contributed by atoms with van der Waals surface area (Å²) in [6.45, 7) is 5.38. The fraction of sp³-hybridized carbons (Fsp3) is 0.500. The smallest absolute Gasteiger partial charge is 0.312 e. The molecule has 1 spiro atoms. The first kappa shape index (κ1) is 16.3. The Balaban J connectivity index is 1.54. The average Bonchev–Trinajstić information content (AvgIpc) is 3.22. The van der Waals surface area contributed by atoms with Crippen LogP contribution in [-0.2, 0) is 25.6 Å². The minimum atomic E-state index is -0.669. The molecule has 0 saturated carbocycles.